The Morgan fingerprint density at radius 2 is 2.00 bits per heavy atom. The van der Waals surface area contributed by atoms with E-state index in [-0.39, 0.29) is 29.9 Å². The van der Waals surface area contributed by atoms with E-state index in [4.69, 9.17) is 25.4 Å². The molecule has 26 heavy (non-hydrogen) atoms. The average Bonchev–Trinajstić information content (AvgIpc) is 3.02. The predicted molar refractivity (Wildman–Crippen MR) is 98.0 cm³/mol. The fourth-order valence-electron chi connectivity index (χ4n) is 3.17. The molecule has 2 aromatic rings. The van der Waals surface area contributed by atoms with Crippen molar-refractivity contribution < 1.29 is 14.2 Å². The highest BCUT2D eigenvalue weighted by Gasteiger charge is 2.25. The number of nitrogens with two attached hydrogens (primary N) is 1. The van der Waals surface area contributed by atoms with Crippen LogP contribution in [-0.2, 0) is 9.47 Å². The molecule has 1 aliphatic carbocycles. The van der Waals surface area contributed by atoms with Crippen molar-refractivity contribution in [2.45, 2.75) is 38.7 Å². The summed E-state index contributed by atoms with van der Waals surface area (Å²) < 4.78 is 16.0. The van der Waals surface area contributed by atoms with Crippen LogP contribution in [0.5, 0.6) is 5.88 Å². The zero-order chi connectivity index (χ0) is 18.7. The third-order valence-corrected chi connectivity index (χ3v) is 4.56. The maximum Gasteiger partial charge on any atom is 0.296 e. The van der Waals surface area contributed by atoms with Crippen molar-refractivity contribution in [3.63, 3.8) is 0 Å². The molecule has 0 aliphatic heterocycles. The van der Waals surface area contributed by atoms with Crippen LogP contribution in [0.25, 0.3) is 11.0 Å². The lowest BCUT2D eigenvalue weighted by Gasteiger charge is -2.27. The van der Waals surface area contributed by atoms with Gasteiger partial charge in [-0.05, 0) is 38.7 Å². The molecule has 1 aliphatic rings. The van der Waals surface area contributed by atoms with Crippen LogP contribution in [0.4, 0.5) is 5.95 Å². The molecule has 0 saturated heterocycles. The van der Waals surface area contributed by atoms with Crippen LogP contribution in [0.1, 0.15) is 31.4 Å². The normalized spacial score (nSPS) is 21.0. The molecule has 2 aromatic heterocycles. The zero-order valence-corrected chi connectivity index (χ0v) is 15.2. The molecule has 140 valence electrons. The molecular formula is C17H24N6O3. The lowest BCUT2D eigenvalue weighted by Crippen LogP contribution is -2.30. The molecule has 0 spiro atoms. The smallest absolute Gasteiger partial charge is 0.296 e. The maximum atomic E-state index is 8.12. The minimum Gasteiger partial charge on any atom is -0.479 e. The fraction of sp³-hybridized carbons (Fsp3) is 0.529. The van der Waals surface area contributed by atoms with Gasteiger partial charge in [0.1, 0.15) is 0 Å². The van der Waals surface area contributed by atoms with Crippen LogP contribution in [-0.4, -0.2) is 47.2 Å². The summed E-state index contributed by atoms with van der Waals surface area (Å²) in [6, 6.07) is 1.73. The summed E-state index contributed by atoms with van der Waals surface area (Å²) in [7, 11) is 3.26. The Labute approximate surface area is 151 Å². The van der Waals surface area contributed by atoms with Gasteiger partial charge in [0.25, 0.3) is 6.02 Å². The second kappa shape index (κ2) is 7.69. The van der Waals surface area contributed by atoms with Gasteiger partial charge in [0.2, 0.25) is 11.8 Å². The Morgan fingerprint density at radius 1 is 1.27 bits per heavy atom. The van der Waals surface area contributed by atoms with Crippen LogP contribution in [0, 0.1) is 18.3 Å². The van der Waals surface area contributed by atoms with Crippen LogP contribution < -0.4 is 10.5 Å². The number of nitrogens with one attached hydrogen (secondary N) is 2. The number of aromatic nitrogens is 3. The Hall–Kier alpha value is -2.68. The summed E-state index contributed by atoms with van der Waals surface area (Å²) in [5, 5.41) is 8.12. The first-order valence-electron chi connectivity index (χ1n) is 8.54. The SMILES string of the molecule is COc1nc(C)cc2[nH]c(/N=C(\N)OC(=N)C3CCC(OC)CC3)nc12. The predicted octanol–water partition coefficient (Wildman–Crippen LogP) is 2.42. The van der Waals surface area contributed by atoms with Crippen molar-refractivity contribution in [1.29, 1.82) is 5.41 Å². The van der Waals surface area contributed by atoms with Crippen LogP contribution >= 0.6 is 0 Å². The van der Waals surface area contributed by atoms with Gasteiger partial charge >= 0.3 is 0 Å². The van der Waals surface area contributed by atoms with Gasteiger partial charge in [-0.2, -0.15) is 4.99 Å². The first kappa shape index (κ1) is 18.1. The molecule has 2 heterocycles. The standard InChI is InChI=1S/C17H24N6O3/c1-9-8-12-13(15(20-9)25-3)22-17(21-12)23-16(19)26-14(18)10-4-6-11(24-2)7-5-10/h8,10-11,18H,4-7H2,1-3H3,(H3,19,21,22,23). The monoisotopic (exact) mass is 360 g/mol. The number of hydrogen-bond acceptors (Lipinski definition) is 7. The van der Waals surface area contributed by atoms with Gasteiger partial charge in [0.15, 0.2) is 11.4 Å². The molecule has 0 aromatic carbocycles. The lowest BCUT2D eigenvalue weighted by atomic mass is 9.87. The van der Waals surface area contributed by atoms with E-state index >= 15 is 0 Å². The molecule has 0 bridgehead atoms. The number of pyridine rings is 1. The molecule has 0 amide bonds. The van der Waals surface area contributed by atoms with Gasteiger partial charge < -0.3 is 24.9 Å². The second-order valence-electron chi connectivity index (χ2n) is 6.36. The van der Waals surface area contributed by atoms with Crippen LogP contribution in [0.3, 0.4) is 0 Å². The number of imidazole rings is 1. The first-order chi connectivity index (χ1) is 12.5. The number of amidine groups is 1. The van der Waals surface area contributed by atoms with Gasteiger partial charge in [0.05, 0.1) is 18.7 Å². The summed E-state index contributed by atoms with van der Waals surface area (Å²) in [5.74, 6) is 0.865. The third kappa shape index (κ3) is 3.93. The van der Waals surface area contributed by atoms with Crippen molar-refractivity contribution in [2.24, 2.45) is 16.6 Å². The molecular weight excluding hydrogens is 336 g/mol. The van der Waals surface area contributed by atoms with Gasteiger partial charge in [-0.15, -0.1) is 0 Å². The summed E-state index contributed by atoms with van der Waals surface area (Å²) in [6.07, 6.45) is 3.79. The molecule has 0 radical (unpaired) electrons. The van der Waals surface area contributed by atoms with E-state index in [1.807, 2.05) is 13.0 Å². The lowest BCUT2D eigenvalue weighted by molar-refractivity contribution is 0.0629. The highest BCUT2D eigenvalue weighted by molar-refractivity contribution is 5.90. The van der Waals surface area contributed by atoms with E-state index in [1.54, 1.807) is 7.11 Å². The number of H-pyrrole nitrogens is 1. The van der Waals surface area contributed by atoms with Gasteiger partial charge in [0, 0.05) is 18.7 Å². The molecule has 9 nitrogen and oxygen atoms in total. The molecule has 1 saturated carbocycles. The average molecular weight is 360 g/mol. The molecule has 0 atom stereocenters. The van der Waals surface area contributed by atoms with Crippen molar-refractivity contribution >= 4 is 28.9 Å². The minimum absolute atomic E-state index is 0.0396. The topological polar surface area (TPSA) is 131 Å². The third-order valence-electron chi connectivity index (χ3n) is 4.56. The molecule has 1 fully saturated rings. The number of rotatable bonds is 4. The van der Waals surface area contributed by atoms with Crippen molar-refractivity contribution in [3.05, 3.63) is 11.8 Å². The van der Waals surface area contributed by atoms with E-state index in [2.05, 4.69) is 19.9 Å². The van der Waals surface area contributed by atoms with Crippen molar-refractivity contribution in [2.75, 3.05) is 14.2 Å². The number of methoxy groups -OCH3 is 2. The van der Waals surface area contributed by atoms with E-state index < -0.39 is 0 Å². The highest BCUT2D eigenvalue weighted by atomic mass is 16.5. The maximum absolute atomic E-state index is 8.12. The number of aliphatic imine (C=N–C) groups is 1. The molecule has 3 rings (SSSR count). The summed E-state index contributed by atoms with van der Waals surface area (Å²) in [6.45, 7) is 1.86. The van der Waals surface area contributed by atoms with Gasteiger partial charge in [-0.25, -0.2) is 9.97 Å². The number of aromatic amines is 1. The molecule has 9 heteroatoms. The summed E-state index contributed by atoms with van der Waals surface area (Å²) in [5.41, 5.74) is 7.95. The van der Waals surface area contributed by atoms with Crippen LogP contribution in [0.15, 0.2) is 11.1 Å². The van der Waals surface area contributed by atoms with Crippen molar-refractivity contribution in [1.82, 2.24) is 15.0 Å². The van der Waals surface area contributed by atoms with E-state index in [1.165, 1.54) is 7.11 Å². The number of hydrogen-bond donors (Lipinski definition) is 3. The number of ether oxygens (including phenoxy) is 3. The molecule has 4 N–H and O–H groups in total. The zero-order valence-electron chi connectivity index (χ0n) is 15.2. The summed E-state index contributed by atoms with van der Waals surface area (Å²) >= 11 is 0. The Morgan fingerprint density at radius 3 is 2.65 bits per heavy atom. The number of fused-ring (bicyclic) bond motifs is 1. The van der Waals surface area contributed by atoms with E-state index in [0.717, 1.165) is 36.9 Å². The van der Waals surface area contributed by atoms with Crippen molar-refractivity contribution in [3.8, 4) is 5.88 Å². The minimum atomic E-state index is -0.119. The number of aryl methyl sites for hydroxylation is 1. The highest BCUT2D eigenvalue weighted by Crippen LogP contribution is 2.27. The Bertz CT molecular complexity index is 823. The van der Waals surface area contributed by atoms with E-state index in [0.29, 0.717) is 11.4 Å². The van der Waals surface area contributed by atoms with E-state index in [9.17, 15) is 0 Å². The van der Waals surface area contributed by atoms with Gasteiger partial charge in [-0.3, -0.25) is 5.41 Å². The number of nitrogens with zero attached hydrogens (tertiary/aromatic N) is 3. The first-order valence-corrected chi connectivity index (χ1v) is 8.54. The Balaban J connectivity index is 1.69. The van der Waals surface area contributed by atoms with Gasteiger partial charge in [-0.1, -0.05) is 0 Å². The summed E-state index contributed by atoms with van der Waals surface area (Å²) in [4.78, 5) is 15.8. The fourth-order valence-corrected chi connectivity index (χ4v) is 3.17. The largest absolute Gasteiger partial charge is 0.479 e. The Kier molecular flexibility index (Phi) is 5.36. The van der Waals surface area contributed by atoms with Crippen LogP contribution in [0.2, 0.25) is 0 Å². The molecule has 0 unspecified atom stereocenters. The second-order valence-corrected chi connectivity index (χ2v) is 6.36. The quantitative estimate of drug-likeness (QED) is 0.567.